The minimum atomic E-state index is 0.567. The van der Waals surface area contributed by atoms with E-state index in [2.05, 4.69) is 16.0 Å². The smallest absolute Gasteiger partial charge is 0.0572 e. The Morgan fingerprint density at radius 1 is 1.36 bits per heavy atom. The Bertz CT molecular complexity index is 89.3. The summed E-state index contributed by atoms with van der Waals surface area (Å²) >= 11 is 0. The van der Waals surface area contributed by atoms with Gasteiger partial charge in [0.2, 0.25) is 0 Å². The monoisotopic (exact) mass is 157 g/mol. The molecule has 3 N–H and O–H groups in total. The van der Waals surface area contributed by atoms with Gasteiger partial charge in [0.05, 0.1) is 6.17 Å². The molecule has 1 atom stereocenters. The van der Waals surface area contributed by atoms with Gasteiger partial charge in [0, 0.05) is 13.1 Å². The number of rotatable bonds is 4. The Hall–Kier alpha value is -0.120. The van der Waals surface area contributed by atoms with Crippen LogP contribution < -0.4 is 16.0 Å². The van der Waals surface area contributed by atoms with Crippen LogP contribution in [0.25, 0.3) is 0 Å². The van der Waals surface area contributed by atoms with Crippen LogP contribution >= 0.6 is 0 Å². The van der Waals surface area contributed by atoms with Crippen LogP contribution in [0.3, 0.4) is 0 Å². The van der Waals surface area contributed by atoms with Crippen molar-refractivity contribution in [3.8, 4) is 0 Å². The van der Waals surface area contributed by atoms with Gasteiger partial charge in [0.1, 0.15) is 0 Å². The lowest BCUT2D eigenvalue weighted by atomic mass is 10.1. The highest BCUT2D eigenvalue weighted by Crippen LogP contribution is 2.03. The SMILES string of the molecule is CNCCNC1CCCCN1. The second kappa shape index (κ2) is 5.52. The van der Waals surface area contributed by atoms with Crippen molar-refractivity contribution in [2.45, 2.75) is 25.4 Å². The van der Waals surface area contributed by atoms with Gasteiger partial charge in [-0.15, -0.1) is 0 Å². The first-order valence-corrected chi connectivity index (χ1v) is 4.55. The molecule has 1 rings (SSSR count). The molecule has 1 unspecified atom stereocenters. The van der Waals surface area contributed by atoms with Crippen LogP contribution in [0.15, 0.2) is 0 Å². The molecule has 11 heavy (non-hydrogen) atoms. The van der Waals surface area contributed by atoms with Crippen LogP contribution in [0.4, 0.5) is 0 Å². The van der Waals surface area contributed by atoms with Gasteiger partial charge >= 0.3 is 0 Å². The van der Waals surface area contributed by atoms with Gasteiger partial charge in [-0.05, 0) is 32.9 Å². The van der Waals surface area contributed by atoms with Crippen LogP contribution in [0.1, 0.15) is 19.3 Å². The molecule has 0 spiro atoms. The maximum atomic E-state index is 3.45. The number of piperidine rings is 1. The zero-order chi connectivity index (χ0) is 7.94. The summed E-state index contributed by atoms with van der Waals surface area (Å²) in [5.74, 6) is 0. The summed E-state index contributed by atoms with van der Waals surface area (Å²) < 4.78 is 0. The fraction of sp³-hybridized carbons (Fsp3) is 1.00. The second-order valence-corrected chi connectivity index (χ2v) is 3.06. The van der Waals surface area contributed by atoms with Gasteiger partial charge in [0.15, 0.2) is 0 Å². The van der Waals surface area contributed by atoms with Gasteiger partial charge in [-0.25, -0.2) is 0 Å². The van der Waals surface area contributed by atoms with Gasteiger partial charge in [0.25, 0.3) is 0 Å². The van der Waals surface area contributed by atoms with Crippen molar-refractivity contribution in [2.24, 2.45) is 0 Å². The molecule has 0 amide bonds. The summed E-state index contributed by atoms with van der Waals surface area (Å²) in [6.45, 7) is 3.30. The molecule has 0 saturated carbocycles. The summed E-state index contributed by atoms with van der Waals surface area (Å²) in [6.07, 6.45) is 4.55. The van der Waals surface area contributed by atoms with Gasteiger partial charge < -0.3 is 16.0 Å². The highest BCUT2D eigenvalue weighted by molar-refractivity contribution is 4.69. The minimum Gasteiger partial charge on any atom is -0.318 e. The summed E-state index contributed by atoms with van der Waals surface area (Å²) in [6, 6.07) is 0. The predicted octanol–water partition coefficient (Wildman–Crippen LogP) is -0.105. The molecular weight excluding hydrogens is 138 g/mol. The fourth-order valence-electron chi connectivity index (χ4n) is 1.40. The van der Waals surface area contributed by atoms with E-state index >= 15 is 0 Å². The summed E-state index contributed by atoms with van der Waals surface area (Å²) in [7, 11) is 1.98. The maximum absolute atomic E-state index is 3.45. The topological polar surface area (TPSA) is 36.1 Å². The third-order valence-electron chi connectivity index (χ3n) is 2.08. The molecule has 66 valence electrons. The molecule has 0 aromatic heterocycles. The Morgan fingerprint density at radius 2 is 2.27 bits per heavy atom. The Labute approximate surface area is 68.9 Å². The first-order valence-electron chi connectivity index (χ1n) is 4.55. The van der Waals surface area contributed by atoms with Crippen LogP contribution in [0.2, 0.25) is 0 Å². The molecule has 0 aromatic carbocycles. The predicted molar refractivity (Wildman–Crippen MR) is 47.6 cm³/mol. The van der Waals surface area contributed by atoms with Gasteiger partial charge in [-0.2, -0.15) is 0 Å². The van der Waals surface area contributed by atoms with E-state index in [1.807, 2.05) is 7.05 Å². The Balaban J connectivity index is 1.96. The fourth-order valence-corrected chi connectivity index (χ4v) is 1.40. The Kier molecular flexibility index (Phi) is 4.50. The molecular formula is C8H19N3. The van der Waals surface area contributed by atoms with Crippen molar-refractivity contribution >= 4 is 0 Å². The second-order valence-electron chi connectivity index (χ2n) is 3.06. The molecule has 1 aliphatic heterocycles. The summed E-state index contributed by atoms with van der Waals surface area (Å²) in [5, 5.41) is 10.0. The highest BCUT2D eigenvalue weighted by Gasteiger charge is 2.09. The first-order chi connectivity index (χ1) is 5.43. The van der Waals surface area contributed by atoms with Crippen LogP contribution in [0, 0.1) is 0 Å². The minimum absolute atomic E-state index is 0.567. The maximum Gasteiger partial charge on any atom is 0.0572 e. The molecule has 3 nitrogen and oxygen atoms in total. The van der Waals surface area contributed by atoms with Crippen LogP contribution in [-0.4, -0.2) is 32.8 Å². The van der Waals surface area contributed by atoms with Crippen LogP contribution in [0.5, 0.6) is 0 Å². The van der Waals surface area contributed by atoms with Crippen molar-refractivity contribution in [3.05, 3.63) is 0 Å². The lowest BCUT2D eigenvalue weighted by Gasteiger charge is -2.24. The van der Waals surface area contributed by atoms with E-state index in [0.29, 0.717) is 6.17 Å². The zero-order valence-electron chi connectivity index (χ0n) is 7.32. The molecule has 0 radical (unpaired) electrons. The lowest BCUT2D eigenvalue weighted by Crippen LogP contribution is -2.46. The lowest BCUT2D eigenvalue weighted by molar-refractivity contribution is 0.345. The third kappa shape index (κ3) is 3.70. The van der Waals surface area contributed by atoms with Crippen molar-refractivity contribution < 1.29 is 0 Å². The largest absolute Gasteiger partial charge is 0.318 e. The van der Waals surface area contributed by atoms with Gasteiger partial charge in [-0.3, -0.25) is 0 Å². The van der Waals surface area contributed by atoms with E-state index in [1.165, 1.54) is 25.8 Å². The van der Waals surface area contributed by atoms with E-state index in [9.17, 15) is 0 Å². The standard InChI is InChI=1S/C8H19N3/c1-9-6-7-11-8-4-2-3-5-10-8/h8-11H,2-7H2,1H3. The summed E-state index contributed by atoms with van der Waals surface area (Å²) in [5.41, 5.74) is 0. The third-order valence-corrected chi connectivity index (χ3v) is 2.08. The van der Waals surface area contributed by atoms with E-state index in [0.717, 1.165) is 13.1 Å². The van der Waals surface area contributed by atoms with Crippen molar-refractivity contribution in [1.29, 1.82) is 0 Å². The normalized spacial score (nSPS) is 25.4. The van der Waals surface area contributed by atoms with Crippen molar-refractivity contribution in [3.63, 3.8) is 0 Å². The Morgan fingerprint density at radius 3 is 2.91 bits per heavy atom. The zero-order valence-corrected chi connectivity index (χ0v) is 7.32. The van der Waals surface area contributed by atoms with E-state index in [-0.39, 0.29) is 0 Å². The number of nitrogens with one attached hydrogen (secondary N) is 3. The molecule has 1 fully saturated rings. The highest BCUT2D eigenvalue weighted by atomic mass is 15.1. The number of likely N-dealkylation sites (N-methyl/N-ethyl adjacent to an activating group) is 1. The molecule has 1 saturated heterocycles. The first kappa shape index (κ1) is 8.97. The van der Waals surface area contributed by atoms with E-state index < -0.39 is 0 Å². The van der Waals surface area contributed by atoms with Crippen molar-refractivity contribution in [2.75, 3.05) is 26.7 Å². The molecule has 0 aliphatic carbocycles. The molecule has 3 heteroatoms. The molecule has 1 aliphatic rings. The summed E-state index contributed by atoms with van der Waals surface area (Å²) in [4.78, 5) is 0. The average Bonchev–Trinajstić information content (AvgIpc) is 2.07. The molecule has 0 bridgehead atoms. The number of hydrogen-bond donors (Lipinski definition) is 3. The van der Waals surface area contributed by atoms with E-state index in [4.69, 9.17) is 0 Å². The quantitative estimate of drug-likeness (QED) is 0.499. The van der Waals surface area contributed by atoms with E-state index in [1.54, 1.807) is 0 Å². The average molecular weight is 157 g/mol. The van der Waals surface area contributed by atoms with Crippen LogP contribution in [-0.2, 0) is 0 Å². The van der Waals surface area contributed by atoms with Crippen molar-refractivity contribution in [1.82, 2.24) is 16.0 Å². The molecule has 0 aromatic rings. The number of hydrogen-bond acceptors (Lipinski definition) is 3. The van der Waals surface area contributed by atoms with Gasteiger partial charge in [-0.1, -0.05) is 0 Å². The molecule has 1 heterocycles.